The molecule has 0 bridgehead atoms. The highest BCUT2D eigenvalue weighted by atomic mass is 19.1. The highest BCUT2D eigenvalue weighted by molar-refractivity contribution is 5.92. The molecule has 0 atom stereocenters. The van der Waals surface area contributed by atoms with Crippen molar-refractivity contribution in [2.45, 2.75) is 13.5 Å². The van der Waals surface area contributed by atoms with E-state index < -0.39 is 17.5 Å². The van der Waals surface area contributed by atoms with Crippen molar-refractivity contribution in [1.82, 2.24) is 15.5 Å². The normalized spacial score (nSPS) is 10.2. The molecule has 2 rings (SSSR count). The topological polar surface area (TPSA) is 64.1 Å². The molecule has 1 amide bonds. The lowest BCUT2D eigenvalue weighted by Gasteiger charge is -2.06. The molecule has 0 spiro atoms. The quantitative estimate of drug-likeness (QED) is 0.916. The van der Waals surface area contributed by atoms with Gasteiger partial charge in [0.05, 0.1) is 6.61 Å². The highest BCUT2D eigenvalue weighted by Gasteiger charge is 2.10. The molecule has 0 fully saturated rings. The highest BCUT2D eigenvalue weighted by Crippen LogP contribution is 2.09. The zero-order valence-electron chi connectivity index (χ0n) is 11.3. The summed E-state index contributed by atoms with van der Waals surface area (Å²) in [6.45, 7) is 2.18. The number of nitrogens with one attached hydrogen (secondary N) is 1. The molecule has 0 aliphatic rings. The van der Waals surface area contributed by atoms with E-state index in [9.17, 15) is 13.6 Å². The molecular weight excluding hydrogens is 280 g/mol. The first-order valence-corrected chi connectivity index (χ1v) is 6.29. The van der Waals surface area contributed by atoms with Crippen molar-refractivity contribution in [3.8, 4) is 5.88 Å². The van der Waals surface area contributed by atoms with Gasteiger partial charge in [-0.1, -0.05) is 6.07 Å². The molecule has 0 aliphatic carbocycles. The Morgan fingerprint density at radius 2 is 2.05 bits per heavy atom. The number of benzene rings is 1. The zero-order valence-corrected chi connectivity index (χ0v) is 11.3. The lowest BCUT2D eigenvalue weighted by molar-refractivity contribution is 0.0944. The number of hydrogen-bond acceptors (Lipinski definition) is 4. The van der Waals surface area contributed by atoms with Crippen LogP contribution in [0.5, 0.6) is 5.88 Å². The van der Waals surface area contributed by atoms with Gasteiger partial charge >= 0.3 is 0 Å². The summed E-state index contributed by atoms with van der Waals surface area (Å²) in [4.78, 5) is 11.8. The van der Waals surface area contributed by atoms with Gasteiger partial charge in [0.1, 0.15) is 11.6 Å². The van der Waals surface area contributed by atoms with Crippen LogP contribution in [0.1, 0.15) is 23.0 Å². The molecule has 7 heteroatoms. The van der Waals surface area contributed by atoms with Crippen LogP contribution in [0.15, 0.2) is 30.3 Å². The van der Waals surface area contributed by atoms with Gasteiger partial charge in [0.2, 0.25) is 5.88 Å². The third-order valence-electron chi connectivity index (χ3n) is 2.62. The van der Waals surface area contributed by atoms with Crippen molar-refractivity contribution in [3.63, 3.8) is 0 Å². The first kappa shape index (κ1) is 14.8. The predicted molar refractivity (Wildman–Crippen MR) is 70.7 cm³/mol. The Balaban J connectivity index is 1.98. The maximum Gasteiger partial charge on any atom is 0.272 e. The van der Waals surface area contributed by atoms with Crippen molar-refractivity contribution in [1.29, 1.82) is 0 Å². The predicted octanol–water partition coefficient (Wildman–Crippen LogP) is 2.08. The third kappa shape index (κ3) is 3.95. The van der Waals surface area contributed by atoms with E-state index in [0.29, 0.717) is 12.5 Å². The molecule has 5 nitrogen and oxygen atoms in total. The molecular formula is C14H13F2N3O2. The minimum Gasteiger partial charge on any atom is -0.477 e. The first-order valence-electron chi connectivity index (χ1n) is 6.29. The van der Waals surface area contributed by atoms with Gasteiger partial charge in [-0.05, 0) is 19.1 Å². The molecule has 1 heterocycles. The molecule has 0 saturated heterocycles. The summed E-state index contributed by atoms with van der Waals surface area (Å²) < 4.78 is 31.3. The Morgan fingerprint density at radius 3 is 2.67 bits per heavy atom. The van der Waals surface area contributed by atoms with Gasteiger partial charge in [-0.25, -0.2) is 8.78 Å². The van der Waals surface area contributed by atoms with E-state index in [1.807, 2.05) is 0 Å². The number of ether oxygens (including phenoxy) is 1. The van der Waals surface area contributed by atoms with E-state index in [0.717, 1.165) is 12.1 Å². The minimum absolute atomic E-state index is 0.0696. The van der Waals surface area contributed by atoms with Gasteiger partial charge in [0.15, 0.2) is 5.69 Å². The fraction of sp³-hybridized carbons (Fsp3) is 0.214. The molecule has 1 aromatic heterocycles. The average Bonchev–Trinajstić information content (AvgIpc) is 2.47. The van der Waals surface area contributed by atoms with E-state index in [1.165, 1.54) is 18.2 Å². The van der Waals surface area contributed by atoms with E-state index in [1.54, 1.807) is 6.92 Å². The summed E-state index contributed by atoms with van der Waals surface area (Å²) in [6, 6.07) is 6.13. The van der Waals surface area contributed by atoms with Crippen LogP contribution >= 0.6 is 0 Å². The monoisotopic (exact) mass is 293 g/mol. The largest absolute Gasteiger partial charge is 0.477 e. The van der Waals surface area contributed by atoms with Crippen molar-refractivity contribution < 1.29 is 18.3 Å². The SMILES string of the molecule is CCOc1ccc(C(=O)NCc2ccc(F)cc2F)nn1. The Kier molecular flexibility index (Phi) is 4.76. The number of halogens is 2. The fourth-order valence-electron chi connectivity index (χ4n) is 1.60. The second-order valence-electron chi connectivity index (χ2n) is 4.11. The van der Waals surface area contributed by atoms with E-state index in [4.69, 9.17) is 4.74 Å². The fourth-order valence-corrected chi connectivity index (χ4v) is 1.60. The molecule has 0 unspecified atom stereocenters. The summed E-state index contributed by atoms with van der Waals surface area (Å²) in [5.41, 5.74) is 0.268. The lowest BCUT2D eigenvalue weighted by Crippen LogP contribution is -2.24. The van der Waals surface area contributed by atoms with Gasteiger partial charge in [-0.2, -0.15) is 0 Å². The maximum absolute atomic E-state index is 13.4. The van der Waals surface area contributed by atoms with Crippen molar-refractivity contribution in [2.75, 3.05) is 6.61 Å². The van der Waals surface area contributed by atoms with Crippen LogP contribution in [-0.4, -0.2) is 22.7 Å². The number of carbonyl (C=O) groups excluding carboxylic acids is 1. The van der Waals surface area contributed by atoms with Crippen LogP contribution in [0.4, 0.5) is 8.78 Å². The average molecular weight is 293 g/mol. The van der Waals surface area contributed by atoms with Gasteiger partial charge in [0.25, 0.3) is 5.91 Å². The number of aromatic nitrogens is 2. The van der Waals surface area contributed by atoms with E-state index >= 15 is 0 Å². The van der Waals surface area contributed by atoms with E-state index in [-0.39, 0.29) is 17.8 Å². The van der Waals surface area contributed by atoms with Gasteiger partial charge in [-0.3, -0.25) is 4.79 Å². The van der Waals surface area contributed by atoms with Crippen molar-refractivity contribution >= 4 is 5.91 Å². The van der Waals surface area contributed by atoms with Crippen LogP contribution in [0.25, 0.3) is 0 Å². The Bertz CT molecular complexity index is 633. The second kappa shape index (κ2) is 6.74. The lowest BCUT2D eigenvalue weighted by atomic mass is 10.2. The maximum atomic E-state index is 13.4. The number of hydrogen-bond donors (Lipinski definition) is 1. The van der Waals surface area contributed by atoms with Gasteiger partial charge < -0.3 is 10.1 Å². The summed E-state index contributed by atoms with van der Waals surface area (Å²) in [5, 5.41) is 9.90. The molecule has 0 radical (unpaired) electrons. The summed E-state index contributed by atoms with van der Waals surface area (Å²) >= 11 is 0. The first-order chi connectivity index (χ1) is 10.1. The zero-order chi connectivity index (χ0) is 15.2. The Labute approximate surface area is 120 Å². The summed E-state index contributed by atoms with van der Waals surface area (Å²) in [5.74, 6) is -1.57. The molecule has 1 N–H and O–H groups in total. The van der Waals surface area contributed by atoms with Crippen molar-refractivity contribution in [2.24, 2.45) is 0 Å². The standard InChI is InChI=1S/C14H13F2N3O2/c1-2-21-13-6-5-12(18-19-13)14(20)17-8-9-3-4-10(15)7-11(9)16/h3-7H,2,8H2,1H3,(H,17,20). The Morgan fingerprint density at radius 1 is 1.24 bits per heavy atom. The van der Waals surface area contributed by atoms with Crippen LogP contribution in [0.3, 0.4) is 0 Å². The molecule has 2 aromatic rings. The molecule has 1 aromatic carbocycles. The third-order valence-corrected chi connectivity index (χ3v) is 2.62. The van der Waals surface area contributed by atoms with Crippen LogP contribution in [-0.2, 0) is 6.54 Å². The Hall–Kier alpha value is -2.57. The molecule has 0 aliphatic heterocycles. The molecule has 21 heavy (non-hydrogen) atoms. The number of carbonyl (C=O) groups is 1. The van der Waals surface area contributed by atoms with E-state index in [2.05, 4.69) is 15.5 Å². The van der Waals surface area contributed by atoms with Gasteiger partial charge in [0, 0.05) is 24.2 Å². The summed E-state index contributed by atoms with van der Waals surface area (Å²) in [7, 11) is 0. The number of nitrogens with zero attached hydrogens (tertiary/aromatic N) is 2. The minimum atomic E-state index is -0.715. The molecule has 110 valence electrons. The van der Waals surface area contributed by atoms with Crippen LogP contribution < -0.4 is 10.1 Å². The van der Waals surface area contributed by atoms with Gasteiger partial charge in [-0.15, -0.1) is 10.2 Å². The van der Waals surface area contributed by atoms with Crippen LogP contribution in [0.2, 0.25) is 0 Å². The summed E-state index contributed by atoms with van der Waals surface area (Å²) in [6.07, 6.45) is 0. The van der Waals surface area contributed by atoms with Crippen LogP contribution in [0, 0.1) is 11.6 Å². The number of amides is 1. The second-order valence-corrected chi connectivity index (χ2v) is 4.11. The molecule has 0 saturated carbocycles. The smallest absolute Gasteiger partial charge is 0.272 e. The van der Waals surface area contributed by atoms with Crippen molar-refractivity contribution in [3.05, 3.63) is 53.2 Å². The number of rotatable bonds is 5.